The van der Waals surface area contributed by atoms with Gasteiger partial charge in [0.1, 0.15) is 11.2 Å². The number of nitrogens with zero attached hydrogens (tertiary/aromatic N) is 4. The molecule has 0 bridgehead atoms. The van der Waals surface area contributed by atoms with E-state index in [9.17, 15) is 9.37 Å². The van der Waals surface area contributed by atoms with Gasteiger partial charge in [0.25, 0.3) is 6.71 Å². The lowest BCUT2D eigenvalue weighted by atomic mass is 9.33. The number of anilines is 5. The first-order chi connectivity index (χ1) is 63.5. The van der Waals surface area contributed by atoms with Gasteiger partial charge >= 0.3 is 0 Å². The van der Waals surface area contributed by atoms with Crippen LogP contribution in [0.25, 0.3) is 159 Å². The smallest absolute Gasteiger partial charge is 0.252 e. The molecular formula is C122H101BN4OS. The van der Waals surface area contributed by atoms with Crippen LogP contribution in [0.1, 0.15) is 126 Å². The fourth-order valence-electron chi connectivity index (χ4n) is 20.5. The molecule has 624 valence electrons. The Morgan fingerprint density at radius 2 is 0.860 bits per heavy atom. The average molecular weight is 1690 g/mol. The van der Waals surface area contributed by atoms with Gasteiger partial charge in [-0.15, -0.1) is 11.3 Å². The van der Waals surface area contributed by atoms with Crippen LogP contribution in [0.3, 0.4) is 0 Å². The van der Waals surface area contributed by atoms with E-state index in [1.807, 2.05) is 36.4 Å². The molecule has 0 aliphatic carbocycles. The highest BCUT2D eigenvalue weighted by atomic mass is 32.1. The van der Waals surface area contributed by atoms with E-state index in [0.717, 1.165) is 209 Å². The lowest BCUT2D eigenvalue weighted by Crippen LogP contribution is -2.62. The third kappa shape index (κ3) is 14.0. The molecule has 2 aliphatic heterocycles. The van der Waals surface area contributed by atoms with Gasteiger partial charge in [-0.3, -0.25) is 0 Å². The maximum Gasteiger partial charge on any atom is 0.252 e. The van der Waals surface area contributed by atoms with E-state index in [4.69, 9.17) is 4.42 Å². The molecule has 0 fully saturated rings. The zero-order chi connectivity index (χ0) is 90.8. The largest absolute Gasteiger partial charge is 0.456 e. The van der Waals surface area contributed by atoms with Crippen molar-refractivity contribution in [1.29, 1.82) is 5.26 Å². The number of hydrogen-bond acceptors (Lipinski definition) is 5. The maximum atomic E-state index is 11.0. The fourth-order valence-corrected chi connectivity index (χ4v) is 21.7. The second-order valence-corrected chi connectivity index (χ2v) is 40.7. The standard InChI is InChI=1S/C122H101BN4OS/c1-75-58-99(93-42-30-45-112-115(93)95-40-26-28-44-111(95)128-112)92(100(59-75)94-43-31-47-114-116(94)96-41-27-29-46-113(96)129-114)56-57-125-107-54-50-81(85-62-83(77-32-18-14-19-33-77)61-84(63-85)78-34-20-15-21-35-78)66-104(107)123-103-52-49-82(86-64-88(120(5,6)7)68-89(65-86)121(8,9)10)67-108(103)127(118-97(79-36-22-16-23-37-79)70-90(122(11,12)13)71-98(118)80-38-24-17-25-39-80)110-73-91(72-109(125)117(110)123)126-105-53-48-76(74-124)60-101(105)102-69-87(119(2,3)4)51-55-106(102)126/h14-55,58-73H,56-57H2,1-13H3/i1D3. The Bertz CT molecular complexity index is 7840. The second-order valence-electron chi connectivity index (χ2n) is 39.6. The van der Waals surface area contributed by atoms with Gasteiger partial charge in [0.05, 0.1) is 34.0 Å². The van der Waals surface area contributed by atoms with Gasteiger partial charge in [-0.05, 0) is 272 Å². The summed E-state index contributed by atoms with van der Waals surface area (Å²) < 4.78 is 40.4. The van der Waals surface area contributed by atoms with Crippen molar-refractivity contribution in [2.24, 2.45) is 0 Å². The molecule has 0 saturated carbocycles. The molecule has 0 radical (unpaired) electrons. The molecule has 0 amide bonds. The van der Waals surface area contributed by atoms with Gasteiger partial charge in [-0.1, -0.05) is 326 Å². The maximum absolute atomic E-state index is 11.0. The number of thiophene rings is 1. The van der Waals surface area contributed by atoms with Gasteiger partial charge in [0, 0.05) is 86.3 Å². The molecule has 0 spiro atoms. The Morgan fingerprint density at radius 1 is 0.349 bits per heavy atom. The third-order valence-corrected chi connectivity index (χ3v) is 28.4. The van der Waals surface area contributed by atoms with Gasteiger partial charge in [-0.25, -0.2) is 0 Å². The summed E-state index contributed by atoms with van der Waals surface area (Å²) in [7, 11) is 0. The first kappa shape index (κ1) is 77.1. The number of para-hydroxylation sites is 1. The highest BCUT2D eigenvalue weighted by Gasteiger charge is 2.46. The van der Waals surface area contributed by atoms with E-state index in [1.54, 1.807) is 11.3 Å². The molecular weight excluding hydrogens is 1580 g/mol. The lowest BCUT2D eigenvalue weighted by molar-refractivity contribution is 0.569. The number of aromatic nitrogens is 1. The van der Waals surface area contributed by atoms with Crippen molar-refractivity contribution in [3.8, 4) is 101 Å². The molecule has 0 N–H and O–H groups in total. The van der Waals surface area contributed by atoms with Crippen LogP contribution < -0.4 is 26.2 Å². The summed E-state index contributed by atoms with van der Waals surface area (Å²) in [5, 5.41) is 17.1. The van der Waals surface area contributed by atoms with Crippen LogP contribution in [0, 0.1) is 18.2 Å². The Labute approximate surface area is 765 Å². The number of benzene rings is 17. The van der Waals surface area contributed by atoms with Crippen LogP contribution in [0.2, 0.25) is 0 Å². The zero-order valence-electron chi connectivity index (χ0n) is 78.1. The Kier molecular flexibility index (Phi) is 18.4. The highest BCUT2D eigenvalue weighted by molar-refractivity contribution is 7.26. The molecule has 22 rings (SSSR count). The SMILES string of the molecule is [2H]C([2H])([2H])c1cc(-c2cccc3oc4ccccc4c23)c(CCN2c3ccc(-c4cc(-c5ccccc5)cc(-c5ccccc5)c4)cc3B3c4ccc(-c5cc(C(C)(C)C)cc(C(C)(C)C)c5)cc4N(c4c(-c5ccccc5)cc(C(C)(C)C)cc4-c4ccccc4)c4cc(-n5c6ccc(C#N)cc6c6cc(C(C)(C)C)ccc65)cc2c43)c(-c2cccc3sc4ccccc4c23)c1. The first-order valence-corrected chi connectivity index (χ1v) is 46.1. The van der Waals surface area contributed by atoms with Gasteiger partial charge in [-0.2, -0.15) is 5.26 Å². The number of nitriles is 1. The fraction of sp³-hybridized carbons (Fsp3) is 0.156. The van der Waals surface area contributed by atoms with Crippen LogP contribution in [-0.2, 0) is 28.1 Å². The van der Waals surface area contributed by atoms with Gasteiger partial charge < -0.3 is 18.8 Å². The van der Waals surface area contributed by atoms with Crippen molar-refractivity contribution in [1.82, 2.24) is 4.57 Å². The number of hydrogen-bond donors (Lipinski definition) is 0. The summed E-state index contributed by atoms with van der Waals surface area (Å²) in [5.41, 5.74) is 35.8. The average Bonchev–Trinajstić information content (AvgIpc) is 0.934. The Balaban J connectivity index is 0.905. The summed E-state index contributed by atoms with van der Waals surface area (Å²) in [6, 6.07) is 132. The lowest BCUT2D eigenvalue weighted by Gasteiger charge is -2.46. The van der Waals surface area contributed by atoms with E-state index in [-0.39, 0.29) is 27.2 Å². The number of fused-ring (bicyclic) bond motifs is 13. The minimum atomic E-state index is -2.51. The van der Waals surface area contributed by atoms with E-state index in [2.05, 4.69) is 419 Å². The normalized spacial score (nSPS) is 13.3. The summed E-state index contributed by atoms with van der Waals surface area (Å²) in [6.45, 7) is 25.4. The molecule has 3 aromatic heterocycles. The summed E-state index contributed by atoms with van der Waals surface area (Å²) in [5.74, 6) is 0. The van der Waals surface area contributed by atoms with Crippen LogP contribution in [-0.4, -0.2) is 17.8 Å². The van der Waals surface area contributed by atoms with Crippen LogP contribution >= 0.6 is 11.3 Å². The van der Waals surface area contributed by atoms with E-state index in [1.165, 1.54) is 22.3 Å². The quantitative estimate of drug-likeness (QED) is 0.108. The van der Waals surface area contributed by atoms with E-state index in [0.29, 0.717) is 18.5 Å². The Hall–Kier alpha value is -14.3. The molecule has 0 unspecified atom stereocenters. The summed E-state index contributed by atoms with van der Waals surface area (Å²) in [6.07, 6.45) is 0.432. The predicted octanol–water partition coefficient (Wildman–Crippen LogP) is 31.8. The van der Waals surface area contributed by atoms with Crippen LogP contribution in [0.5, 0.6) is 0 Å². The molecule has 2 aliphatic rings. The molecule has 0 atom stereocenters. The highest BCUT2D eigenvalue weighted by Crippen LogP contribution is 2.55. The van der Waals surface area contributed by atoms with E-state index < -0.39 is 13.6 Å². The molecule has 5 nitrogen and oxygen atoms in total. The topological polar surface area (TPSA) is 48.3 Å². The summed E-state index contributed by atoms with van der Waals surface area (Å²) in [4.78, 5) is 5.34. The van der Waals surface area contributed by atoms with Gasteiger partial charge in [0.15, 0.2) is 0 Å². The number of aryl methyl sites for hydroxylation is 1. The number of furan rings is 1. The molecule has 0 saturated heterocycles. The summed E-state index contributed by atoms with van der Waals surface area (Å²) >= 11 is 1.77. The van der Waals surface area contributed by atoms with Crippen molar-refractivity contribution < 1.29 is 8.53 Å². The minimum Gasteiger partial charge on any atom is -0.456 e. The van der Waals surface area contributed by atoms with Crippen molar-refractivity contribution in [3.05, 3.63) is 391 Å². The van der Waals surface area contributed by atoms with E-state index >= 15 is 0 Å². The predicted molar refractivity (Wildman–Crippen MR) is 552 cm³/mol. The molecule has 7 heteroatoms. The van der Waals surface area contributed by atoms with Gasteiger partial charge in [0.2, 0.25) is 0 Å². The number of rotatable bonds is 13. The van der Waals surface area contributed by atoms with Crippen LogP contribution in [0.4, 0.5) is 28.4 Å². The molecule has 129 heavy (non-hydrogen) atoms. The molecule has 20 aromatic rings. The van der Waals surface area contributed by atoms with Crippen LogP contribution in [0.15, 0.2) is 356 Å². The Morgan fingerprint density at radius 3 is 1.48 bits per heavy atom. The van der Waals surface area contributed by atoms with Crippen molar-refractivity contribution >= 4 is 127 Å². The monoisotopic (exact) mass is 1680 g/mol. The molecule has 5 heterocycles. The third-order valence-electron chi connectivity index (χ3n) is 27.2. The van der Waals surface area contributed by atoms with Crippen molar-refractivity contribution in [2.75, 3.05) is 16.3 Å². The minimum absolute atomic E-state index is 0.179. The van der Waals surface area contributed by atoms with Crippen molar-refractivity contribution in [3.63, 3.8) is 0 Å². The van der Waals surface area contributed by atoms with Crippen molar-refractivity contribution in [2.45, 2.75) is 118 Å². The second kappa shape index (κ2) is 30.8. The first-order valence-electron chi connectivity index (χ1n) is 46.8. The zero-order valence-corrected chi connectivity index (χ0v) is 75.9. The molecule has 17 aromatic carbocycles.